The molecule has 0 unspecified atom stereocenters. The number of nitrogens with zero attached hydrogens (tertiary/aromatic N) is 3. The van der Waals surface area contributed by atoms with Crippen LogP contribution in [0.5, 0.6) is 0 Å². The highest BCUT2D eigenvalue weighted by molar-refractivity contribution is 5.75. The number of H-pyrrole nitrogens is 2. The van der Waals surface area contributed by atoms with Crippen molar-refractivity contribution in [1.29, 1.82) is 0 Å². The predicted molar refractivity (Wildman–Crippen MR) is 102 cm³/mol. The van der Waals surface area contributed by atoms with Crippen molar-refractivity contribution in [2.24, 2.45) is 0 Å². The third-order valence-electron chi connectivity index (χ3n) is 5.36. The Morgan fingerprint density at radius 1 is 0.962 bits per heavy atom. The van der Waals surface area contributed by atoms with Crippen molar-refractivity contribution in [3.05, 3.63) is 64.8 Å². The SMILES string of the molecule is O=c1[nH]c2ccccc2n1C1CCN(Cc2nc3ccccc3[nH]2)CC1. The summed E-state index contributed by atoms with van der Waals surface area (Å²) in [6, 6.07) is 16.3. The van der Waals surface area contributed by atoms with Crippen molar-refractivity contribution in [3.8, 4) is 0 Å². The summed E-state index contributed by atoms with van der Waals surface area (Å²) in [5, 5.41) is 0. The van der Waals surface area contributed by atoms with E-state index < -0.39 is 0 Å². The summed E-state index contributed by atoms with van der Waals surface area (Å²) in [7, 11) is 0. The number of benzene rings is 2. The fraction of sp³-hybridized carbons (Fsp3) is 0.300. The number of likely N-dealkylation sites (tertiary alicyclic amines) is 1. The van der Waals surface area contributed by atoms with Crippen LogP contribution in [0.1, 0.15) is 24.7 Å². The highest BCUT2D eigenvalue weighted by atomic mass is 16.1. The van der Waals surface area contributed by atoms with E-state index in [0.29, 0.717) is 0 Å². The van der Waals surface area contributed by atoms with Crippen LogP contribution in [0, 0.1) is 0 Å². The van der Waals surface area contributed by atoms with Gasteiger partial charge in [0.2, 0.25) is 0 Å². The molecule has 6 heteroatoms. The lowest BCUT2D eigenvalue weighted by Crippen LogP contribution is -2.36. The van der Waals surface area contributed by atoms with Crippen LogP contribution in [0.2, 0.25) is 0 Å². The van der Waals surface area contributed by atoms with Gasteiger partial charge in [0.1, 0.15) is 5.82 Å². The van der Waals surface area contributed by atoms with Crippen molar-refractivity contribution in [1.82, 2.24) is 24.4 Å². The van der Waals surface area contributed by atoms with E-state index in [0.717, 1.165) is 60.4 Å². The maximum Gasteiger partial charge on any atom is 0.326 e. The maximum absolute atomic E-state index is 12.4. The number of aromatic amines is 2. The molecule has 0 spiro atoms. The Bertz CT molecular complexity index is 1080. The average molecular weight is 347 g/mol. The number of para-hydroxylation sites is 4. The van der Waals surface area contributed by atoms with Crippen LogP contribution in [0.3, 0.4) is 0 Å². The first-order valence-corrected chi connectivity index (χ1v) is 9.13. The van der Waals surface area contributed by atoms with Crippen LogP contribution in [-0.2, 0) is 6.54 Å². The molecular weight excluding hydrogens is 326 g/mol. The van der Waals surface area contributed by atoms with Crippen molar-refractivity contribution >= 4 is 22.1 Å². The summed E-state index contributed by atoms with van der Waals surface area (Å²) in [4.78, 5) is 25.8. The Morgan fingerprint density at radius 3 is 2.50 bits per heavy atom. The third-order valence-corrected chi connectivity index (χ3v) is 5.36. The topological polar surface area (TPSA) is 69.7 Å². The van der Waals surface area contributed by atoms with Gasteiger partial charge in [-0.15, -0.1) is 0 Å². The molecule has 5 rings (SSSR count). The van der Waals surface area contributed by atoms with Gasteiger partial charge in [-0.1, -0.05) is 24.3 Å². The second kappa shape index (κ2) is 6.14. The van der Waals surface area contributed by atoms with Crippen LogP contribution < -0.4 is 5.69 Å². The van der Waals surface area contributed by atoms with E-state index in [1.165, 1.54) is 0 Å². The average Bonchev–Trinajstić information content (AvgIpc) is 3.21. The third kappa shape index (κ3) is 2.63. The van der Waals surface area contributed by atoms with Crippen LogP contribution in [-0.4, -0.2) is 37.5 Å². The Labute approximate surface area is 150 Å². The van der Waals surface area contributed by atoms with Crippen LogP contribution in [0.4, 0.5) is 0 Å². The lowest BCUT2D eigenvalue weighted by Gasteiger charge is -2.31. The Hall–Kier alpha value is -2.86. The molecule has 0 amide bonds. The molecule has 0 aliphatic carbocycles. The van der Waals surface area contributed by atoms with Gasteiger partial charge in [-0.05, 0) is 37.1 Å². The minimum Gasteiger partial charge on any atom is -0.341 e. The fourth-order valence-corrected chi connectivity index (χ4v) is 4.06. The van der Waals surface area contributed by atoms with Gasteiger partial charge in [0, 0.05) is 19.1 Å². The van der Waals surface area contributed by atoms with Gasteiger partial charge in [-0.3, -0.25) is 9.47 Å². The van der Waals surface area contributed by atoms with Gasteiger partial charge in [0.15, 0.2) is 0 Å². The molecule has 1 aliphatic heterocycles. The van der Waals surface area contributed by atoms with Crippen LogP contribution in [0.15, 0.2) is 53.3 Å². The molecule has 0 radical (unpaired) electrons. The summed E-state index contributed by atoms with van der Waals surface area (Å²) in [5.41, 5.74) is 4.03. The zero-order valence-corrected chi connectivity index (χ0v) is 14.5. The van der Waals surface area contributed by atoms with E-state index in [-0.39, 0.29) is 11.7 Å². The molecule has 4 aromatic rings. The molecular formula is C20H21N5O. The first-order valence-electron chi connectivity index (χ1n) is 9.13. The second-order valence-corrected chi connectivity index (χ2v) is 7.03. The number of aromatic nitrogens is 4. The number of hydrogen-bond acceptors (Lipinski definition) is 3. The molecule has 1 saturated heterocycles. The normalized spacial score (nSPS) is 16.6. The smallest absolute Gasteiger partial charge is 0.326 e. The standard InChI is InChI=1S/C20H21N5O/c26-20-23-17-7-3-4-8-18(17)25(20)14-9-11-24(12-10-14)13-19-21-15-5-1-2-6-16(15)22-19/h1-8,14H,9-13H2,(H,21,22)(H,23,26). The minimum atomic E-state index is 0.00179. The van der Waals surface area contributed by atoms with E-state index in [4.69, 9.17) is 0 Å². The van der Waals surface area contributed by atoms with Gasteiger partial charge < -0.3 is 9.97 Å². The van der Waals surface area contributed by atoms with Gasteiger partial charge >= 0.3 is 5.69 Å². The molecule has 26 heavy (non-hydrogen) atoms. The summed E-state index contributed by atoms with van der Waals surface area (Å²) < 4.78 is 1.94. The highest BCUT2D eigenvalue weighted by Crippen LogP contribution is 2.25. The monoisotopic (exact) mass is 347 g/mol. The maximum atomic E-state index is 12.4. The molecule has 2 aromatic carbocycles. The van der Waals surface area contributed by atoms with E-state index in [9.17, 15) is 4.79 Å². The number of fused-ring (bicyclic) bond motifs is 2. The molecule has 0 saturated carbocycles. The Kier molecular flexibility index (Phi) is 3.64. The molecule has 3 heterocycles. The van der Waals surface area contributed by atoms with Crippen molar-refractivity contribution in [2.45, 2.75) is 25.4 Å². The quantitative estimate of drug-likeness (QED) is 0.598. The molecule has 2 N–H and O–H groups in total. The lowest BCUT2D eigenvalue weighted by atomic mass is 10.0. The van der Waals surface area contributed by atoms with Crippen LogP contribution >= 0.6 is 0 Å². The molecule has 1 fully saturated rings. The highest BCUT2D eigenvalue weighted by Gasteiger charge is 2.24. The summed E-state index contributed by atoms with van der Waals surface area (Å²) in [6.45, 7) is 2.76. The lowest BCUT2D eigenvalue weighted by molar-refractivity contribution is 0.177. The summed E-state index contributed by atoms with van der Waals surface area (Å²) >= 11 is 0. The predicted octanol–water partition coefficient (Wildman–Crippen LogP) is 3.04. The largest absolute Gasteiger partial charge is 0.341 e. The molecule has 2 aromatic heterocycles. The Balaban J connectivity index is 1.31. The van der Waals surface area contributed by atoms with Crippen molar-refractivity contribution in [2.75, 3.05) is 13.1 Å². The van der Waals surface area contributed by atoms with Crippen molar-refractivity contribution < 1.29 is 0 Å². The molecule has 132 valence electrons. The first kappa shape index (κ1) is 15.4. The van der Waals surface area contributed by atoms with E-state index in [2.05, 4.69) is 25.9 Å². The number of rotatable bonds is 3. The molecule has 6 nitrogen and oxygen atoms in total. The van der Waals surface area contributed by atoms with E-state index >= 15 is 0 Å². The first-order chi connectivity index (χ1) is 12.8. The number of piperidine rings is 1. The zero-order chi connectivity index (χ0) is 17.5. The van der Waals surface area contributed by atoms with E-state index in [1.54, 1.807) is 0 Å². The summed E-state index contributed by atoms with van der Waals surface area (Å²) in [5.74, 6) is 1.01. The fourth-order valence-electron chi connectivity index (χ4n) is 4.06. The number of imidazole rings is 2. The van der Waals surface area contributed by atoms with Gasteiger partial charge in [-0.25, -0.2) is 9.78 Å². The van der Waals surface area contributed by atoms with Crippen LogP contribution in [0.25, 0.3) is 22.1 Å². The molecule has 0 bridgehead atoms. The van der Waals surface area contributed by atoms with Gasteiger partial charge in [0.25, 0.3) is 0 Å². The van der Waals surface area contributed by atoms with Gasteiger partial charge in [-0.2, -0.15) is 0 Å². The number of nitrogens with one attached hydrogen (secondary N) is 2. The number of hydrogen-bond donors (Lipinski definition) is 2. The summed E-state index contributed by atoms with van der Waals surface area (Å²) in [6.07, 6.45) is 1.95. The Morgan fingerprint density at radius 2 is 1.69 bits per heavy atom. The minimum absolute atomic E-state index is 0.00179. The second-order valence-electron chi connectivity index (χ2n) is 7.03. The zero-order valence-electron chi connectivity index (χ0n) is 14.5. The van der Waals surface area contributed by atoms with Gasteiger partial charge in [0.05, 0.1) is 28.6 Å². The molecule has 1 aliphatic rings. The molecule has 0 atom stereocenters. The van der Waals surface area contributed by atoms with E-state index in [1.807, 2.05) is 47.0 Å². The van der Waals surface area contributed by atoms with Crippen molar-refractivity contribution in [3.63, 3.8) is 0 Å².